The average molecular weight is 856 g/mol. The van der Waals surface area contributed by atoms with Gasteiger partial charge < -0.3 is 9.47 Å². The fourth-order valence-corrected chi connectivity index (χ4v) is 8.03. The van der Waals surface area contributed by atoms with Crippen LogP contribution < -0.4 is 0 Å². The molecular weight excluding hydrogens is 780 g/mol. The zero-order valence-electron chi connectivity index (χ0n) is 37.7. The summed E-state index contributed by atoms with van der Waals surface area (Å²) >= 11 is 3.40. The summed E-state index contributed by atoms with van der Waals surface area (Å²) in [6.07, 6.45) is 7.89. The van der Waals surface area contributed by atoms with Crippen LogP contribution in [0, 0.1) is 5.41 Å². The molecule has 0 aliphatic rings. The molecule has 0 aliphatic carbocycles. The Morgan fingerprint density at radius 1 is 0.552 bits per heavy atom. The first-order chi connectivity index (χ1) is 27.6. The summed E-state index contributed by atoms with van der Waals surface area (Å²) in [7, 11) is 1.34. The summed E-state index contributed by atoms with van der Waals surface area (Å²) in [5, 5.41) is 0. The van der Waals surface area contributed by atoms with Crippen molar-refractivity contribution in [1.29, 1.82) is 0 Å². The fourth-order valence-electron chi connectivity index (χ4n) is 7.17. The van der Waals surface area contributed by atoms with Gasteiger partial charge in [-0.1, -0.05) is 180 Å². The number of hydrogen-bond donors (Lipinski definition) is 0. The molecule has 6 atom stereocenters. The predicted octanol–water partition coefficient (Wildman–Crippen LogP) is 15.3. The molecule has 0 spiro atoms. The van der Waals surface area contributed by atoms with E-state index in [9.17, 15) is 9.59 Å². The molecule has 0 heterocycles. The van der Waals surface area contributed by atoms with Gasteiger partial charge in [0.25, 0.3) is 0 Å². The van der Waals surface area contributed by atoms with Crippen LogP contribution in [-0.2, 0) is 19.1 Å². The van der Waals surface area contributed by atoms with E-state index in [-0.39, 0.29) is 5.97 Å². The summed E-state index contributed by atoms with van der Waals surface area (Å²) < 4.78 is 9.49. The fraction of sp³-hybridized carbons (Fsp3) is 0.509. The number of halogens is 1. The van der Waals surface area contributed by atoms with Crippen LogP contribution in [0.4, 0.5) is 0 Å². The van der Waals surface area contributed by atoms with Crippen molar-refractivity contribution >= 4 is 27.9 Å². The van der Waals surface area contributed by atoms with Crippen LogP contribution in [-0.4, -0.2) is 30.0 Å². The molecule has 318 valence electrons. The van der Waals surface area contributed by atoms with Crippen molar-refractivity contribution in [3.05, 3.63) is 143 Å². The lowest BCUT2D eigenvalue weighted by atomic mass is 9.83. The Kier molecular flexibility index (Phi) is 23.0. The van der Waals surface area contributed by atoms with E-state index in [4.69, 9.17) is 9.47 Å². The van der Waals surface area contributed by atoms with E-state index in [1.165, 1.54) is 54.2 Å². The second-order valence-electron chi connectivity index (χ2n) is 17.0. The van der Waals surface area contributed by atoms with Crippen molar-refractivity contribution in [2.45, 2.75) is 155 Å². The first-order valence-corrected chi connectivity index (χ1v) is 22.6. The number of ether oxygens (including phenoxy) is 2. The maximum Gasteiger partial charge on any atom is 0.322 e. The van der Waals surface area contributed by atoms with Crippen LogP contribution in [0.25, 0.3) is 0 Å². The van der Waals surface area contributed by atoms with Crippen LogP contribution in [0.5, 0.6) is 0 Å². The summed E-state index contributed by atoms with van der Waals surface area (Å²) in [5.74, 6) is 2.34. The van der Waals surface area contributed by atoms with Crippen molar-refractivity contribution < 1.29 is 19.1 Å². The van der Waals surface area contributed by atoms with E-state index >= 15 is 0 Å². The van der Waals surface area contributed by atoms with Crippen molar-refractivity contribution in [3.63, 3.8) is 0 Å². The Morgan fingerprint density at radius 2 is 0.931 bits per heavy atom. The van der Waals surface area contributed by atoms with Crippen molar-refractivity contribution in [2.75, 3.05) is 13.7 Å². The number of carbonyl (C=O) groups is 2. The smallest absolute Gasteiger partial charge is 0.322 e. The van der Waals surface area contributed by atoms with E-state index in [0.29, 0.717) is 42.6 Å². The van der Waals surface area contributed by atoms with Crippen LogP contribution in [0.15, 0.2) is 115 Å². The normalized spacial score (nSPS) is 14.8. The van der Waals surface area contributed by atoms with Gasteiger partial charge in [0, 0.05) is 0 Å². The van der Waals surface area contributed by atoms with Gasteiger partial charge in [-0.15, -0.1) is 0 Å². The molecule has 4 nitrogen and oxygen atoms in total. The number of carbonyl (C=O) groups excluding carboxylic acids is 2. The van der Waals surface area contributed by atoms with Crippen LogP contribution in [0.3, 0.4) is 0 Å². The van der Waals surface area contributed by atoms with E-state index in [2.05, 4.69) is 180 Å². The highest BCUT2D eigenvalue weighted by Gasteiger charge is 2.42. The molecule has 6 unspecified atom stereocenters. The third-order valence-corrected chi connectivity index (χ3v) is 12.3. The number of esters is 2. The Balaban J connectivity index is 0.000000390. The second kappa shape index (κ2) is 26.4. The Bertz CT molecular complexity index is 1660. The highest BCUT2D eigenvalue weighted by Crippen LogP contribution is 2.36. The van der Waals surface area contributed by atoms with E-state index < -0.39 is 15.7 Å². The number of rotatable bonds is 19. The van der Waals surface area contributed by atoms with Crippen molar-refractivity contribution in [3.8, 4) is 0 Å². The van der Waals surface area contributed by atoms with Crippen LogP contribution in [0.2, 0.25) is 0 Å². The lowest BCUT2D eigenvalue weighted by molar-refractivity contribution is -0.156. The quantitative estimate of drug-likeness (QED) is 0.0536. The van der Waals surface area contributed by atoms with Crippen LogP contribution >= 0.6 is 15.9 Å². The van der Waals surface area contributed by atoms with Gasteiger partial charge >= 0.3 is 11.9 Å². The number of hydrogen-bond acceptors (Lipinski definition) is 4. The monoisotopic (exact) mass is 854 g/mol. The Morgan fingerprint density at radius 3 is 1.33 bits per heavy atom. The standard InChI is InChI=1S/C29H39BrO4.C14H22.C10H14/c1-22(23-14-8-6-9-15-23)20-25(24-16-10-7-11-17-24)18-12-13-19-34-26(31)28(2,3)21-29(4,30)27(32)33-5;1-5-11(3)13-7-9-14(10-8-13)12(4)6-2;1-3-9(2)10-7-5-4-6-8-10/h6-11,14-17,22,25H,12-13,18-21H2,1-5H3;7-12H,5-6H2,1-4H3;4-9H,3H2,1-2H3. The molecule has 0 saturated carbocycles. The Labute approximate surface area is 362 Å². The third kappa shape index (κ3) is 17.7. The molecule has 0 radical (unpaired) electrons. The highest BCUT2D eigenvalue weighted by molar-refractivity contribution is 9.10. The molecule has 0 saturated heterocycles. The molecule has 0 aromatic heterocycles. The molecule has 4 aromatic rings. The molecule has 0 bridgehead atoms. The predicted molar refractivity (Wildman–Crippen MR) is 250 cm³/mol. The second-order valence-corrected chi connectivity index (χ2v) is 18.8. The zero-order chi connectivity index (χ0) is 43.1. The molecule has 0 aliphatic heterocycles. The van der Waals surface area contributed by atoms with Crippen molar-refractivity contribution in [2.24, 2.45) is 5.41 Å². The molecular formula is C53H75BrO4. The SMILES string of the molecule is CCC(C)c1ccc(C(C)CC)cc1.CCC(C)c1ccccc1.COC(=O)C(C)(Br)CC(C)(C)C(=O)OCCCCC(CC(C)c1ccccc1)c1ccccc1. The maximum atomic E-state index is 12.7. The van der Waals surface area contributed by atoms with Gasteiger partial charge in [0.2, 0.25) is 0 Å². The maximum absolute atomic E-state index is 12.7. The molecule has 4 rings (SSSR count). The van der Waals surface area contributed by atoms with Gasteiger partial charge in [-0.25, -0.2) is 0 Å². The third-order valence-electron chi connectivity index (χ3n) is 11.7. The lowest BCUT2D eigenvalue weighted by Crippen LogP contribution is -2.39. The number of unbranched alkanes of at least 4 members (excludes halogenated alkanes) is 1. The lowest BCUT2D eigenvalue weighted by Gasteiger charge is -2.29. The minimum Gasteiger partial charge on any atom is -0.468 e. The van der Waals surface area contributed by atoms with E-state index in [0.717, 1.165) is 25.7 Å². The number of benzene rings is 4. The molecule has 5 heteroatoms. The molecule has 0 fully saturated rings. The number of alkyl halides is 1. The number of methoxy groups -OCH3 is 1. The molecule has 0 N–H and O–H groups in total. The minimum absolute atomic E-state index is 0.291. The molecule has 4 aromatic carbocycles. The van der Waals surface area contributed by atoms with Gasteiger partial charge in [-0.2, -0.15) is 0 Å². The molecule has 58 heavy (non-hydrogen) atoms. The molecule has 0 amide bonds. The minimum atomic E-state index is -0.928. The summed E-state index contributed by atoms with van der Waals surface area (Å²) in [4.78, 5) is 24.6. The van der Waals surface area contributed by atoms with Crippen molar-refractivity contribution in [1.82, 2.24) is 0 Å². The van der Waals surface area contributed by atoms with Gasteiger partial charge in [0.05, 0.1) is 19.1 Å². The summed E-state index contributed by atoms with van der Waals surface area (Å²) in [6, 6.07) is 41.1. The summed E-state index contributed by atoms with van der Waals surface area (Å²) in [6.45, 7) is 21.5. The Hall–Kier alpha value is -3.70. The van der Waals surface area contributed by atoms with E-state index in [1.807, 2.05) is 0 Å². The van der Waals surface area contributed by atoms with Gasteiger partial charge in [-0.05, 0) is 130 Å². The topological polar surface area (TPSA) is 52.6 Å². The first kappa shape index (κ1) is 50.4. The average Bonchev–Trinajstić information content (AvgIpc) is 3.25. The van der Waals surface area contributed by atoms with Gasteiger partial charge in [0.1, 0.15) is 4.32 Å². The first-order valence-electron chi connectivity index (χ1n) is 21.8. The van der Waals surface area contributed by atoms with E-state index in [1.54, 1.807) is 20.8 Å². The van der Waals surface area contributed by atoms with Gasteiger partial charge in [-0.3, -0.25) is 9.59 Å². The van der Waals surface area contributed by atoms with Gasteiger partial charge in [0.15, 0.2) is 0 Å². The van der Waals surface area contributed by atoms with Crippen LogP contribution in [0.1, 0.15) is 178 Å². The highest BCUT2D eigenvalue weighted by atomic mass is 79.9. The summed E-state index contributed by atoms with van der Waals surface area (Å²) in [5.41, 5.74) is 6.32. The zero-order valence-corrected chi connectivity index (χ0v) is 39.3. The largest absolute Gasteiger partial charge is 0.468 e.